The van der Waals surface area contributed by atoms with Gasteiger partial charge in [-0.25, -0.2) is 0 Å². The van der Waals surface area contributed by atoms with Gasteiger partial charge in [-0.2, -0.15) is 0 Å². The molecule has 0 heterocycles. The van der Waals surface area contributed by atoms with Crippen LogP contribution in [0.4, 0.5) is 0 Å². The summed E-state index contributed by atoms with van der Waals surface area (Å²) in [5.41, 5.74) is 5.73. The first-order chi connectivity index (χ1) is 5.57. The number of rotatable bonds is 1. The molecule has 0 amide bonds. The minimum Gasteiger partial charge on any atom is -0.508 e. The van der Waals surface area contributed by atoms with E-state index in [1.54, 1.807) is 0 Å². The second-order valence-corrected chi connectivity index (χ2v) is 3.35. The van der Waals surface area contributed by atoms with Crippen molar-refractivity contribution in [3.8, 4) is 5.75 Å². The van der Waals surface area contributed by atoms with Crippen LogP contribution in [0.25, 0.3) is 0 Å². The maximum absolute atomic E-state index is 9.29. The fourth-order valence-corrected chi connectivity index (χ4v) is 1.51. The van der Waals surface area contributed by atoms with E-state index in [0.29, 0.717) is 5.56 Å². The molecule has 0 aromatic heterocycles. The summed E-state index contributed by atoms with van der Waals surface area (Å²) in [4.78, 5) is 0. The maximum Gasteiger partial charge on any atom is 0.123 e. The number of phenolic OH excluding ortho intramolecular Hbond substituents is 1. The first kappa shape index (κ1) is 9.93. The fourth-order valence-electron chi connectivity index (χ4n) is 0.814. The lowest BCUT2D eigenvalue weighted by Crippen LogP contribution is -1.98. The van der Waals surface area contributed by atoms with Crippen molar-refractivity contribution in [2.75, 3.05) is 0 Å². The molecular formula is C7H6Cl3NO. The van der Waals surface area contributed by atoms with E-state index in [-0.39, 0.29) is 27.4 Å². The number of nitrogens with two attached hydrogens (primary N) is 1. The van der Waals surface area contributed by atoms with E-state index >= 15 is 0 Å². The Bertz CT molecular complexity index is 314. The van der Waals surface area contributed by atoms with Gasteiger partial charge in [0.1, 0.15) is 5.75 Å². The number of aromatic hydroxyl groups is 1. The van der Waals surface area contributed by atoms with Crippen LogP contribution in [0.1, 0.15) is 5.56 Å². The molecule has 1 rings (SSSR count). The third kappa shape index (κ3) is 1.62. The molecule has 1 aromatic rings. The number of phenols is 1. The predicted molar refractivity (Wildman–Crippen MR) is 51.0 cm³/mol. The molecule has 0 radical (unpaired) electrons. The fraction of sp³-hybridized carbons (Fsp3) is 0.143. The van der Waals surface area contributed by atoms with Crippen LogP contribution in [0, 0.1) is 0 Å². The van der Waals surface area contributed by atoms with Gasteiger partial charge >= 0.3 is 0 Å². The van der Waals surface area contributed by atoms with Crippen LogP contribution in [-0.2, 0) is 6.54 Å². The molecule has 0 fully saturated rings. The van der Waals surface area contributed by atoms with Crippen LogP contribution in [0.2, 0.25) is 15.1 Å². The molecule has 0 atom stereocenters. The molecule has 66 valence electrons. The van der Waals surface area contributed by atoms with Crippen LogP contribution in [0.5, 0.6) is 5.75 Å². The van der Waals surface area contributed by atoms with Crippen LogP contribution >= 0.6 is 34.8 Å². The molecule has 0 bridgehead atoms. The Morgan fingerprint density at radius 3 is 2.33 bits per heavy atom. The SMILES string of the molecule is NCc1c(O)cc(Cl)c(Cl)c1Cl. The van der Waals surface area contributed by atoms with E-state index in [4.69, 9.17) is 40.5 Å². The first-order valence-electron chi connectivity index (χ1n) is 3.13. The lowest BCUT2D eigenvalue weighted by molar-refractivity contribution is 0.468. The molecule has 0 spiro atoms. The minimum atomic E-state index is -0.0306. The summed E-state index contributed by atoms with van der Waals surface area (Å²) in [7, 11) is 0. The molecule has 0 saturated carbocycles. The molecule has 0 saturated heterocycles. The average molecular weight is 226 g/mol. The molecule has 0 unspecified atom stereocenters. The highest BCUT2D eigenvalue weighted by molar-refractivity contribution is 6.48. The van der Waals surface area contributed by atoms with Gasteiger partial charge < -0.3 is 10.8 Å². The van der Waals surface area contributed by atoms with Gasteiger partial charge in [0.25, 0.3) is 0 Å². The van der Waals surface area contributed by atoms with E-state index in [1.165, 1.54) is 6.07 Å². The molecular weight excluding hydrogens is 220 g/mol. The van der Waals surface area contributed by atoms with Crippen LogP contribution in [0.15, 0.2) is 6.07 Å². The van der Waals surface area contributed by atoms with Crippen molar-refractivity contribution in [3.63, 3.8) is 0 Å². The highest BCUT2D eigenvalue weighted by Crippen LogP contribution is 2.37. The van der Waals surface area contributed by atoms with Gasteiger partial charge in [-0.15, -0.1) is 0 Å². The van der Waals surface area contributed by atoms with Gasteiger partial charge in [0.2, 0.25) is 0 Å². The van der Waals surface area contributed by atoms with Gasteiger partial charge in [0, 0.05) is 18.2 Å². The van der Waals surface area contributed by atoms with Crippen molar-refractivity contribution >= 4 is 34.8 Å². The number of hydrogen-bond donors (Lipinski definition) is 2. The summed E-state index contributed by atoms with van der Waals surface area (Å²) in [5, 5.41) is 9.94. The second kappa shape index (κ2) is 3.71. The molecule has 1 aromatic carbocycles. The lowest BCUT2D eigenvalue weighted by Gasteiger charge is -2.07. The van der Waals surface area contributed by atoms with E-state index in [1.807, 2.05) is 0 Å². The molecule has 5 heteroatoms. The topological polar surface area (TPSA) is 46.2 Å². The monoisotopic (exact) mass is 225 g/mol. The maximum atomic E-state index is 9.29. The van der Waals surface area contributed by atoms with Crippen LogP contribution < -0.4 is 5.73 Å². The van der Waals surface area contributed by atoms with Gasteiger partial charge in [0.05, 0.1) is 15.1 Å². The Kier molecular flexibility index (Phi) is 3.07. The van der Waals surface area contributed by atoms with Crippen molar-refractivity contribution < 1.29 is 5.11 Å². The lowest BCUT2D eigenvalue weighted by atomic mass is 10.2. The van der Waals surface area contributed by atoms with Gasteiger partial charge in [-0.05, 0) is 0 Å². The minimum absolute atomic E-state index is 0.0306. The molecule has 0 aliphatic rings. The van der Waals surface area contributed by atoms with E-state index in [2.05, 4.69) is 0 Å². The predicted octanol–water partition coefficient (Wildman–Crippen LogP) is 2.81. The molecule has 3 N–H and O–H groups in total. The second-order valence-electron chi connectivity index (χ2n) is 2.19. The van der Waals surface area contributed by atoms with Crippen molar-refractivity contribution in [1.82, 2.24) is 0 Å². The third-order valence-electron chi connectivity index (χ3n) is 1.44. The Morgan fingerprint density at radius 2 is 1.83 bits per heavy atom. The normalized spacial score (nSPS) is 10.3. The quantitative estimate of drug-likeness (QED) is 0.723. The van der Waals surface area contributed by atoms with E-state index in [9.17, 15) is 5.11 Å². The largest absolute Gasteiger partial charge is 0.508 e. The van der Waals surface area contributed by atoms with Gasteiger partial charge in [-0.1, -0.05) is 34.8 Å². The highest BCUT2D eigenvalue weighted by Gasteiger charge is 2.12. The molecule has 12 heavy (non-hydrogen) atoms. The zero-order valence-electron chi connectivity index (χ0n) is 5.94. The highest BCUT2D eigenvalue weighted by atomic mass is 35.5. The Hall–Kier alpha value is -0.150. The van der Waals surface area contributed by atoms with Crippen LogP contribution in [-0.4, -0.2) is 5.11 Å². The molecule has 2 nitrogen and oxygen atoms in total. The van der Waals surface area contributed by atoms with Crippen molar-refractivity contribution in [1.29, 1.82) is 0 Å². The molecule has 0 aliphatic carbocycles. The van der Waals surface area contributed by atoms with E-state index < -0.39 is 0 Å². The summed E-state index contributed by atoms with van der Waals surface area (Å²) in [6, 6.07) is 1.32. The first-order valence-corrected chi connectivity index (χ1v) is 4.26. The van der Waals surface area contributed by atoms with Gasteiger partial charge in [-0.3, -0.25) is 0 Å². The van der Waals surface area contributed by atoms with Crippen LogP contribution in [0.3, 0.4) is 0 Å². The van der Waals surface area contributed by atoms with Crippen molar-refractivity contribution in [3.05, 3.63) is 26.7 Å². The summed E-state index contributed by atoms with van der Waals surface area (Å²) >= 11 is 17.1. The zero-order valence-corrected chi connectivity index (χ0v) is 8.21. The average Bonchev–Trinajstić information content (AvgIpc) is 2.01. The number of benzene rings is 1. The summed E-state index contributed by atoms with van der Waals surface area (Å²) in [6.45, 7) is 0.127. The molecule has 0 aliphatic heterocycles. The van der Waals surface area contributed by atoms with Crippen molar-refractivity contribution in [2.24, 2.45) is 5.73 Å². The Labute approximate surface area is 84.8 Å². The summed E-state index contributed by atoms with van der Waals surface area (Å²) < 4.78 is 0. The standard InChI is InChI=1S/C7H6Cl3NO/c8-4-1-5(12)3(2-11)6(9)7(4)10/h1,12H,2,11H2. The third-order valence-corrected chi connectivity index (χ3v) is 2.75. The Balaban J connectivity index is 3.40. The van der Waals surface area contributed by atoms with Gasteiger partial charge in [0.15, 0.2) is 0 Å². The van der Waals surface area contributed by atoms with E-state index in [0.717, 1.165) is 0 Å². The van der Waals surface area contributed by atoms with Crippen molar-refractivity contribution in [2.45, 2.75) is 6.54 Å². The summed E-state index contributed by atoms with van der Waals surface area (Å²) in [5.74, 6) is -0.0306. The smallest absolute Gasteiger partial charge is 0.123 e. The zero-order chi connectivity index (χ0) is 9.30. The summed E-state index contributed by atoms with van der Waals surface area (Å²) in [6.07, 6.45) is 0. The number of halogens is 3. The Morgan fingerprint density at radius 1 is 1.25 bits per heavy atom. The number of hydrogen-bond acceptors (Lipinski definition) is 2.